The molecule has 2 aromatic carbocycles. The molecule has 1 heterocycles. The van der Waals surface area contributed by atoms with E-state index < -0.39 is 0 Å². The first-order valence-corrected chi connectivity index (χ1v) is 8.49. The molecule has 4 rings (SSSR count). The van der Waals surface area contributed by atoms with E-state index >= 15 is 0 Å². The highest BCUT2D eigenvalue weighted by Crippen LogP contribution is 2.34. The molecule has 1 aliphatic rings. The van der Waals surface area contributed by atoms with Gasteiger partial charge in [0.15, 0.2) is 0 Å². The lowest BCUT2D eigenvalue weighted by Gasteiger charge is -2.11. The second kappa shape index (κ2) is 5.28. The van der Waals surface area contributed by atoms with Crippen LogP contribution in [0.1, 0.15) is 39.8 Å². The van der Waals surface area contributed by atoms with Crippen LogP contribution in [0.2, 0.25) is 0 Å². The van der Waals surface area contributed by atoms with Crippen molar-refractivity contribution >= 4 is 22.1 Å². The topological polar surface area (TPSA) is 26.0 Å². The fourth-order valence-corrected chi connectivity index (χ4v) is 4.52. The zero-order valence-corrected chi connectivity index (χ0v) is 12.8. The maximum Gasteiger partial charge on any atom is 0.0646 e. The molecule has 1 aromatic heterocycles. The van der Waals surface area contributed by atoms with Crippen LogP contribution in [0.25, 0.3) is 10.8 Å². The second-order valence-electron chi connectivity index (χ2n) is 5.89. The van der Waals surface area contributed by atoms with Gasteiger partial charge in [0.25, 0.3) is 0 Å². The first-order chi connectivity index (χ1) is 10.3. The summed E-state index contributed by atoms with van der Waals surface area (Å²) in [6.07, 6.45) is 5.13. The SMILES string of the molecule is NC(c1ccc2ccccc2c1)c1cc2c(s1)CCCC2. The van der Waals surface area contributed by atoms with Crippen molar-refractivity contribution < 1.29 is 0 Å². The molecule has 0 spiro atoms. The summed E-state index contributed by atoms with van der Waals surface area (Å²) in [5.74, 6) is 0. The highest BCUT2D eigenvalue weighted by Gasteiger charge is 2.18. The second-order valence-corrected chi connectivity index (χ2v) is 7.06. The van der Waals surface area contributed by atoms with Crippen molar-refractivity contribution in [2.45, 2.75) is 31.7 Å². The van der Waals surface area contributed by atoms with Crippen molar-refractivity contribution in [3.63, 3.8) is 0 Å². The van der Waals surface area contributed by atoms with Crippen molar-refractivity contribution in [2.24, 2.45) is 5.73 Å². The zero-order valence-electron chi connectivity index (χ0n) is 12.0. The molecule has 21 heavy (non-hydrogen) atoms. The fourth-order valence-electron chi connectivity index (χ4n) is 3.23. The Bertz CT molecular complexity index is 764. The Balaban J connectivity index is 1.71. The van der Waals surface area contributed by atoms with Gasteiger partial charge in [-0.2, -0.15) is 0 Å². The predicted octanol–water partition coefficient (Wildman–Crippen LogP) is 4.83. The molecule has 1 atom stereocenters. The molecular weight excluding hydrogens is 274 g/mol. The standard InChI is InChI=1S/C19H19NS/c20-19(18-12-15-7-3-4-8-17(15)21-18)16-10-9-13-5-1-2-6-14(13)11-16/h1-2,5-6,9-12,19H,3-4,7-8,20H2. The van der Waals surface area contributed by atoms with E-state index in [-0.39, 0.29) is 6.04 Å². The van der Waals surface area contributed by atoms with Crippen LogP contribution < -0.4 is 5.73 Å². The lowest BCUT2D eigenvalue weighted by Crippen LogP contribution is -2.10. The minimum Gasteiger partial charge on any atom is -0.320 e. The number of thiophene rings is 1. The van der Waals surface area contributed by atoms with Gasteiger partial charge in [-0.3, -0.25) is 0 Å². The molecule has 0 saturated carbocycles. The zero-order chi connectivity index (χ0) is 14.2. The van der Waals surface area contributed by atoms with Gasteiger partial charge in [0.1, 0.15) is 0 Å². The van der Waals surface area contributed by atoms with E-state index in [4.69, 9.17) is 5.73 Å². The molecule has 0 aliphatic heterocycles. The Morgan fingerprint density at radius 3 is 2.57 bits per heavy atom. The summed E-state index contributed by atoms with van der Waals surface area (Å²) in [4.78, 5) is 2.88. The number of aryl methyl sites for hydroxylation is 2. The van der Waals surface area contributed by atoms with Gasteiger partial charge >= 0.3 is 0 Å². The minimum absolute atomic E-state index is 0.00482. The van der Waals surface area contributed by atoms with E-state index in [9.17, 15) is 0 Å². The molecular formula is C19H19NS. The van der Waals surface area contributed by atoms with Gasteiger partial charge in [-0.1, -0.05) is 36.4 Å². The van der Waals surface area contributed by atoms with Crippen LogP contribution in [0.5, 0.6) is 0 Å². The molecule has 0 bridgehead atoms. The third-order valence-electron chi connectivity index (χ3n) is 4.45. The molecule has 1 nitrogen and oxygen atoms in total. The maximum atomic E-state index is 6.53. The van der Waals surface area contributed by atoms with E-state index in [1.807, 2.05) is 11.3 Å². The number of nitrogens with two attached hydrogens (primary N) is 1. The summed E-state index contributed by atoms with van der Waals surface area (Å²) in [6, 6.07) is 17.4. The highest BCUT2D eigenvalue weighted by molar-refractivity contribution is 7.12. The van der Waals surface area contributed by atoms with Crippen LogP contribution in [-0.2, 0) is 12.8 Å². The summed E-state index contributed by atoms with van der Waals surface area (Å²) in [5.41, 5.74) is 9.28. The molecule has 2 heteroatoms. The first kappa shape index (κ1) is 13.1. The van der Waals surface area contributed by atoms with Gasteiger partial charge in [0.05, 0.1) is 6.04 Å². The summed E-state index contributed by atoms with van der Waals surface area (Å²) in [6.45, 7) is 0. The Morgan fingerprint density at radius 2 is 1.71 bits per heavy atom. The number of benzene rings is 2. The van der Waals surface area contributed by atoms with E-state index in [1.165, 1.54) is 52.5 Å². The molecule has 3 aromatic rings. The van der Waals surface area contributed by atoms with Crippen LogP contribution >= 0.6 is 11.3 Å². The van der Waals surface area contributed by atoms with Gasteiger partial charge < -0.3 is 5.73 Å². The quantitative estimate of drug-likeness (QED) is 0.719. The number of hydrogen-bond acceptors (Lipinski definition) is 2. The number of rotatable bonds is 2. The summed E-state index contributed by atoms with van der Waals surface area (Å²) in [5, 5.41) is 2.55. The van der Waals surface area contributed by atoms with Crippen molar-refractivity contribution in [3.05, 3.63) is 69.4 Å². The Morgan fingerprint density at radius 1 is 0.905 bits per heavy atom. The largest absolute Gasteiger partial charge is 0.320 e. The van der Waals surface area contributed by atoms with Crippen LogP contribution in [0, 0.1) is 0 Å². The lowest BCUT2D eigenvalue weighted by molar-refractivity contribution is 0.696. The molecule has 0 amide bonds. The van der Waals surface area contributed by atoms with E-state index in [0.29, 0.717) is 0 Å². The number of hydrogen-bond donors (Lipinski definition) is 1. The predicted molar refractivity (Wildman–Crippen MR) is 90.9 cm³/mol. The smallest absolute Gasteiger partial charge is 0.0646 e. The summed E-state index contributed by atoms with van der Waals surface area (Å²) in [7, 11) is 0. The average Bonchev–Trinajstić information content (AvgIpc) is 2.97. The number of fused-ring (bicyclic) bond motifs is 2. The third-order valence-corrected chi connectivity index (χ3v) is 5.78. The van der Waals surface area contributed by atoms with Crippen LogP contribution in [0.4, 0.5) is 0 Å². The van der Waals surface area contributed by atoms with Gasteiger partial charge in [-0.05, 0) is 59.7 Å². The average molecular weight is 293 g/mol. The third kappa shape index (κ3) is 2.39. The fraction of sp³-hybridized carbons (Fsp3) is 0.263. The van der Waals surface area contributed by atoms with E-state index in [1.54, 1.807) is 4.88 Å². The van der Waals surface area contributed by atoms with Crippen molar-refractivity contribution in [1.82, 2.24) is 0 Å². The van der Waals surface area contributed by atoms with Gasteiger partial charge in [0.2, 0.25) is 0 Å². The molecule has 0 saturated heterocycles. The van der Waals surface area contributed by atoms with Crippen LogP contribution in [0.3, 0.4) is 0 Å². The lowest BCUT2D eigenvalue weighted by atomic mass is 9.97. The Hall–Kier alpha value is -1.64. The maximum absolute atomic E-state index is 6.53. The van der Waals surface area contributed by atoms with Gasteiger partial charge in [0, 0.05) is 9.75 Å². The monoisotopic (exact) mass is 293 g/mol. The Labute approximate surface area is 129 Å². The van der Waals surface area contributed by atoms with Gasteiger partial charge in [-0.25, -0.2) is 0 Å². The highest BCUT2D eigenvalue weighted by atomic mass is 32.1. The van der Waals surface area contributed by atoms with E-state index in [0.717, 1.165) is 0 Å². The molecule has 1 unspecified atom stereocenters. The molecule has 106 valence electrons. The molecule has 0 radical (unpaired) electrons. The first-order valence-electron chi connectivity index (χ1n) is 7.67. The summed E-state index contributed by atoms with van der Waals surface area (Å²) >= 11 is 1.92. The van der Waals surface area contributed by atoms with Crippen molar-refractivity contribution in [3.8, 4) is 0 Å². The van der Waals surface area contributed by atoms with Crippen molar-refractivity contribution in [1.29, 1.82) is 0 Å². The van der Waals surface area contributed by atoms with Crippen LogP contribution in [-0.4, -0.2) is 0 Å². The molecule has 0 fully saturated rings. The van der Waals surface area contributed by atoms with Crippen molar-refractivity contribution in [2.75, 3.05) is 0 Å². The molecule has 1 aliphatic carbocycles. The minimum atomic E-state index is 0.00482. The van der Waals surface area contributed by atoms with E-state index in [2.05, 4.69) is 48.5 Å². The summed E-state index contributed by atoms with van der Waals surface area (Å²) < 4.78 is 0. The van der Waals surface area contributed by atoms with Crippen LogP contribution in [0.15, 0.2) is 48.5 Å². The normalized spacial score (nSPS) is 15.9. The Kier molecular flexibility index (Phi) is 3.28. The molecule has 2 N–H and O–H groups in total. The van der Waals surface area contributed by atoms with Gasteiger partial charge in [-0.15, -0.1) is 11.3 Å².